The summed E-state index contributed by atoms with van der Waals surface area (Å²) in [5, 5.41) is 0.957. The predicted octanol–water partition coefficient (Wildman–Crippen LogP) is 3.44. The summed E-state index contributed by atoms with van der Waals surface area (Å²) in [6.45, 7) is 0. The second kappa shape index (κ2) is 4.65. The van der Waals surface area contributed by atoms with E-state index in [2.05, 4.69) is 9.97 Å². The van der Waals surface area contributed by atoms with Gasteiger partial charge in [0.1, 0.15) is 17.3 Å². The van der Waals surface area contributed by atoms with Gasteiger partial charge in [-0.25, -0.2) is 4.39 Å². The van der Waals surface area contributed by atoms with Gasteiger partial charge in [0, 0.05) is 23.3 Å². The highest BCUT2D eigenvalue weighted by atomic mass is 19.1. The number of hydrogen-bond acceptors (Lipinski definition) is 3. The minimum atomic E-state index is -0.328. The zero-order valence-electron chi connectivity index (χ0n) is 10.3. The fourth-order valence-corrected chi connectivity index (χ4v) is 2.07. The molecular formula is C15H11FN2O. The molecule has 19 heavy (non-hydrogen) atoms. The summed E-state index contributed by atoms with van der Waals surface area (Å²) in [7, 11) is 1.55. The van der Waals surface area contributed by atoms with Crippen LogP contribution in [0.2, 0.25) is 0 Å². The van der Waals surface area contributed by atoms with Crippen molar-refractivity contribution in [2.45, 2.75) is 0 Å². The Kier molecular flexibility index (Phi) is 2.83. The number of benzene rings is 1. The molecule has 0 atom stereocenters. The van der Waals surface area contributed by atoms with Gasteiger partial charge in [-0.15, -0.1) is 0 Å². The summed E-state index contributed by atoms with van der Waals surface area (Å²) in [5.41, 5.74) is 1.95. The zero-order valence-corrected chi connectivity index (χ0v) is 10.3. The van der Waals surface area contributed by atoms with E-state index in [0.29, 0.717) is 17.0 Å². The zero-order chi connectivity index (χ0) is 13.2. The molecule has 0 saturated heterocycles. The molecule has 0 spiro atoms. The van der Waals surface area contributed by atoms with Gasteiger partial charge in [-0.3, -0.25) is 9.97 Å². The Labute approximate surface area is 109 Å². The predicted molar refractivity (Wildman–Crippen MR) is 71.5 cm³/mol. The second-order valence-corrected chi connectivity index (χ2v) is 4.08. The average molecular weight is 254 g/mol. The van der Waals surface area contributed by atoms with Crippen molar-refractivity contribution in [3.63, 3.8) is 0 Å². The molecule has 3 nitrogen and oxygen atoms in total. The van der Waals surface area contributed by atoms with E-state index in [1.54, 1.807) is 25.6 Å². The first-order chi connectivity index (χ1) is 9.29. The minimum Gasteiger partial charge on any atom is -0.496 e. The quantitative estimate of drug-likeness (QED) is 0.702. The third-order valence-corrected chi connectivity index (χ3v) is 2.94. The molecule has 0 aliphatic carbocycles. The molecule has 0 bridgehead atoms. The van der Waals surface area contributed by atoms with E-state index in [0.717, 1.165) is 10.9 Å². The molecule has 0 amide bonds. The van der Waals surface area contributed by atoms with E-state index < -0.39 is 0 Å². The molecule has 1 aromatic carbocycles. The molecule has 0 unspecified atom stereocenters. The van der Waals surface area contributed by atoms with Crippen LogP contribution in [0.4, 0.5) is 4.39 Å². The average Bonchev–Trinajstić information content (AvgIpc) is 2.46. The van der Waals surface area contributed by atoms with E-state index in [1.165, 1.54) is 12.1 Å². The van der Waals surface area contributed by atoms with E-state index in [4.69, 9.17) is 4.74 Å². The smallest absolute Gasteiger partial charge is 0.128 e. The number of halogens is 1. The minimum absolute atomic E-state index is 0.328. The molecule has 4 heteroatoms. The number of hydrogen-bond donors (Lipinski definition) is 0. The molecule has 0 saturated carbocycles. The molecule has 3 aromatic rings. The number of rotatable bonds is 2. The van der Waals surface area contributed by atoms with Crippen LogP contribution in [0.15, 0.2) is 48.8 Å². The van der Waals surface area contributed by atoms with Gasteiger partial charge in [0.05, 0.1) is 12.6 Å². The third kappa shape index (κ3) is 2.01. The second-order valence-electron chi connectivity index (χ2n) is 4.08. The van der Waals surface area contributed by atoms with Crippen molar-refractivity contribution in [2.75, 3.05) is 7.11 Å². The number of methoxy groups -OCH3 is 1. The van der Waals surface area contributed by atoms with Gasteiger partial charge in [-0.2, -0.15) is 0 Å². The SMILES string of the molecule is COc1ccc(F)cc1-c1nccc2cccnc12. The fraction of sp³-hybridized carbons (Fsp3) is 0.0667. The standard InChI is InChI=1S/C15H11FN2O/c1-19-13-5-4-11(16)9-12(13)15-14-10(6-8-18-15)3-2-7-17-14/h2-9H,1H3. The first kappa shape index (κ1) is 11.6. The van der Waals surface area contributed by atoms with Crippen molar-refractivity contribution in [1.29, 1.82) is 0 Å². The van der Waals surface area contributed by atoms with Crippen molar-refractivity contribution in [1.82, 2.24) is 9.97 Å². The molecule has 94 valence electrons. The maximum absolute atomic E-state index is 13.5. The highest BCUT2D eigenvalue weighted by Crippen LogP contribution is 2.32. The maximum atomic E-state index is 13.5. The third-order valence-electron chi connectivity index (χ3n) is 2.94. The molecule has 3 rings (SSSR count). The van der Waals surface area contributed by atoms with Crippen LogP contribution in [0.25, 0.3) is 22.2 Å². The summed E-state index contributed by atoms with van der Waals surface area (Å²) in [4.78, 5) is 8.64. The fourth-order valence-electron chi connectivity index (χ4n) is 2.07. The monoisotopic (exact) mass is 254 g/mol. The van der Waals surface area contributed by atoms with Crippen molar-refractivity contribution in [3.8, 4) is 17.0 Å². The van der Waals surface area contributed by atoms with Crippen LogP contribution in [-0.2, 0) is 0 Å². The van der Waals surface area contributed by atoms with Crippen molar-refractivity contribution >= 4 is 10.9 Å². The number of nitrogens with zero attached hydrogens (tertiary/aromatic N) is 2. The van der Waals surface area contributed by atoms with Crippen LogP contribution in [0, 0.1) is 5.82 Å². The topological polar surface area (TPSA) is 35.0 Å². The summed E-state index contributed by atoms with van der Waals surface area (Å²) >= 11 is 0. The van der Waals surface area contributed by atoms with Gasteiger partial charge in [0.15, 0.2) is 0 Å². The lowest BCUT2D eigenvalue weighted by molar-refractivity contribution is 0.415. The van der Waals surface area contributed by atoms with Crippen LogP contribution in [-0.4, -0.2) is 17.1 Å². The molecule has 0 radical (unpaired) electrons. The lowest BCUT2D eigenvalue weighted by Gasteiger charge is -2.09. The molecule has 0 N–H and O–H groups in total. The Balaban J connectivity index is 2.33. The molecule has 2 aromatic heterocycles. The Morgan fingerprint density at radius 1 is 1.05 bits per heavy atom. The van der Waals surface area contributed by atoms with Crippen LogP contribution in [0.5, 0.6) is 5.75 Å². The van der Waals surface area contributed by atoms with Crippen LogP contribution < -0.4 is 4.74 Å². The van der Waals surface area contributed by atoms with Crippen molar-refractivity contribution < 1.29 is 9.13 Å². The Bertz CT molecular complexity index is 738. The molecule has 2 heterocycles. The van der Waals surface area contributed by atoms with Gasteiger partial charge < -0.3 is 4.74 Å². The summed E-state index contributed by atoms with van der Waals surface area (Å²) < 4.78 is 18.7. The number of fused-ring (bicyclic) bond motifs is 1. The van der Waals surface area contributed by atoms with Crippen molar-refractivity contribution in [3.05, 3.63) is 54.6 Å². The molecule has 0 aliphatic heterocycles. The van der Waals surface area contributed by atoms with Gasteiger partial charge in [-0.1, -0.05) is 6.07 Å². The van der Waals surface area contributed by atoms with Crippen LogP contribution in [0.3, 0.4) is 0 Å². The van der Waals surface area contributed by atoms with Crippen LogP contribution in [0.1, 0.15) is 0 Å². The highest BCUT2D eigenvalue weighted by Gasteiger charge is 2.12. The first-order valence-corrected chi connectivity index (χ1v) is 5.83. The number of aromatic nitrogens is 2. The molecular weight excluding hydrogens is 243 g/mol. The Hall–Kier alpha value is -2.49. The number of pyridine rings is 2. The first-order valence-electron chi connectivity index (χ1n) is 5.83. The largest absolute Gasteiger partial charge is 0.496 e. The van der Waals surface area contributed by atoms with E-state index >= 15 is 0 Å². The summed E-state index contributed by atoms with van der Waals surface area (Å²) in [5.74, 6) is 0.248. The van der Waals surface area contributed by atoms with Gasteiger partial charge in [-0.05, 0) is 30.3 Å². The lowest BCUT2D eigenvalue weighted by atomic mass is 10.1. The maximum Gasteiger partial charge on any atom is 0.128 e. The van der Waals surface area contributed by atoms with Gasteiger partial charge in [0.2, 0.25) is 0 Å². The number of ether oxygens (including phenoxy) is 1. The van der Waals surface area contributed by atoms with E-state index in [1.807, 2.05) is 18.2 Å². The molecule has 0 aliphatic rings. The normalized spacial score (nSPS) is 10.6. The highest BCUT2D eigenvalue weighted by molar-refractivity contribution is 5.92. The van der Waals surface area contributed by atoms with Gasteiger partial charge in [0.25, 0.3) is 0 Å². The molecule has 0 fully saturated rings. The lowest BCUT2D eigenvalue weighted by Crippen LogP contribution is -1.93. The Morgan fingerprint density at radius 2 is 1.95 bits per heavy atom. The van der Waals surface area contributed by atoms with E-state index in [-0.39, 0.29) is 5.82 Å². The summed E-state index contributed by atoms with van der Waals surface area (Å²) in [6.07, 6.45) is 3.38. The van der Waals surface area contributed by atoms with E-state index in [9.17, 15) is 4.39 Å². The Morgan fingerprint density at radius 3 is 2.79 bits per heavy atom. The summed E-state index contributed by atoms with van der Waals surface area (Å²) in [6, 6.07) is 10.0. The van der Waals surface area contributed by atoms with Gasteiger partial charge >= 0.3 is 0 Å². The van der Waals surface area contributed by atoms with Crippen LogP contribution >= 0.6 is 0 Å². The van der Waals surface area contributed by atoms with Crippen molar-refractivity contribution in [2.24, 2.45) is 0 Å².